The molecule has 1 amide bonds. The van der Waals surface area contributed by atoms with Crippen molar-refractivity contribution >= 4 is 11.7 Å². The highest BCUT2D eigenvalue weighted by molar-refractivity contribution is 5.92. The molecule has 0 radical (unpaired) electrons. The molecular weight excluding hydrogens is 240 g/mol. The normalized spacial score (nSPS) is 18.2. The Morgan fingerprint density at radius 3 is 2.79 bits per heavy atom. The molecule has 2 rings (SSSR count). The van der Waals surface area contributed by atoms with E-state index in [1.54, 1.807) is 12.1 Å². The average Bonchev–Trinajstić information content (AvgIpc) is 2.38. The molecule has 1 N–H and O–H groups in total. The van der Waals surface area contributed by atoms with Crippen molar-refractivity contribution in [3.05, 3.63) is 17.8 Å². The molecule has 0 saturated carbocycles. The van der Waals surface area contributed by atoms with Gasteiger partial charge in [0.15, 0.2) is 5.69 Å². The lowest BCUT2D eigenvalue weighted by molar-refractivity contribution is 0.0576. The lowest BCUT2D eigenvalue weighted by atomic mass is 9.84. The largest absolute Gasteiger partial charge is 0.369 e. The van der Waals surface area contributed by atoms with Gasteiger partial charge in [0.25, 0.3) is 5.91 Å². The standard InChI is InChI=1S/C14H22N4O/c1-4-15-12-7-6-11(16-17-12)13(19)18-9-5-8-14(2,3)10-18/h6-7H,4-5,8-10H2,1-3H3,(H,15,17). The number of carbonyl (C=O) groups excluding carboxylic acids is 1. The van der Waals surface area contributed by atoms with Crippen LogP contribution in [0.1, 0.15) is 44.1 Å². The summed E-state index contributed by atoms with van der Waals surface area (Å²) >= 11 is 0. The zero-order valence-electron chi connectivity index (χ0n) is 11.9. The molecule has 19 heavy (non-hydrogen) atoms. The Morgan fingerprint density at radius 2 is 2.21 bits per heavy atom. The molecular formula is C14H22N4O. The first kappa shape index (κ1) is 13.8. The summed E-state index contributed by atoms with van der Waals surface area (Å²) in [5, 5.41) is 11.1. The summed E-state index contributed by atoms with van der Waals surface area (Å²) in [6.45, 7) is 8.80. The zero-order chi connectivity index (χ0) is 13.9. The van der Waals surface area contributed by atoms with E-state index in [0.717, 1.165) is 26.1 Å². The van der Waals surface area contributed by atoms with Gasteiger partial charge in [-0.15, -0.1) is 10.2 Å². The molecule has 5 nitrogen and oxygen atoms in total. The van der Waals surface area contributed by atoms with E-state index in [-0.39, 0.29) is 11.3 Å². The molecule has 0 spiro atoms. The molecule has 2 heterocycles. The van der Waals surface area contributed by atoms with E-state index in [0.29, 0.717) is 11.5 Å². The lowest BCUT2D eigenvalue weighted by Gasteiger charge is -2.37. The van der Waals surface area contributed by atoms with Crippen molar-refractivity contribution in [1.29, 1.82) is 0 Å². The number of amides is 1. The monoisotopic (exact) mass is 262 g/mol. The molecule has 1 aliphatic rings. The van der Waals surface area contributed by atoms with E-state index in [9.17, 15) is 4.79 Å². The number of hydrogen-bond donors (Lipinski definition) is 1. The number of rotatable bonds is 3. The minimum Gasteiger partial charge on any atom is -0.369 e. The fourth-order valence-corrected chi connectivity index (χ4v) is 2.48. The number of nitrogens with zero attached hydrogens (tertiary/aromatic N) is 3. The number of anilines is 1. The highest BCUT2D eigenvalue weighted by Gasteiger charge is 2.30. The average molecular weight is 262 g/mol. The lowest BCUT2D eigenvalue weighted by Crippen LogP contribution is -2.43. The fourth-order valence-electron chi connectivity index (χ4n) is 2.48. The third-order valence-corrected chi connectivity index (χ3v) is 3.43. The van der Waals surface area contributed by atoms with Crippen LogP contribution in [0.3, 0.4) is 0 Å². The van der Waals surface area contributed by atoms with Gasteiger partial charge in [-0.25, -0.2) is 0 Å². The van der Waals surface area contributed by atoms with Crippen LogP contribution in [-0.4, -0.2) is 40.6 Å². The van der Waals surface area contributed by atoms with Crippen molar-refractivity contribution in [3.8, 4) is 0 Å². The maximum absolute atomic E-state index is 12.4. The van der Waals surface area contributed by atoms with Gasteiger partial charge in [0.05, 0.1) is 0 Å². The highest BCUT2D eigenvalue weighted by atomic mass is 16.2. The Labute approximate surface area is 114 Å². The van der Waals surface area contributed by atoms with Crippen molar-refractivity contribution in [1.82, 2.24) is 15.1 Å². The minimum absolute atomic E-state index is 0.0108. The quantitative estimate of drug-likeness (QED) is 0.907. The van der Waals surface area contributed by atoms with Gasteiger partial charge in [-0.3, -0.25) is 4.79 Å². The SMILES string of the molecule is CCNc1ccc(C(=O)N2CCCC(C)(C)C2)nn1. The van der Waals surface area contributed by atoms with Crippen LogP contribution in [0.4, 0.5) is 5.82 Å². The first-order chi connectivity index (χ1) is 9.02. The van der Waals surface area contributed by atoms with E-state index in [2.05, 4.69) is 29.4 Å². The van der Waals surface area contributed by atoms with Crippen molar-refractivity contribution in [2.45, 2.75) is 33.6 Å². The van der Waals surface area contributed by atoms with E-state index < -0.39 is 0 Å². The van der Waals surface area contributed by atoms with Gasteiger partial charge in [0, 0.05) is 19.6 Å². The Hall–Kier alpha value is -1.65. The van der Waals surface area contributed by atoms with Crippen molar-refractivity contribution in [2.24, 2.45) is 5.41 Å². The van der Waals surface area contributed by atoms with Gasteiger partial charge in [-0.2, -0.15) is 0 Å². The molecule has 1 aliphatic heterocycles. The highest BCUT2D eigenvalue weighted by Crippen LogP contribution is 2.28. The van der Waals surface area contributed by atoms with Crippen LogP contribution in [0.2, 0.25) is 0 Å². The van der Waals surface area contributed by atoms with Crippen LogP contribution in [0.25, 0.3) is 0 Å². The van der Waals surface area contributed by atoms with Gasteiger partial charge in [0.1, 0.15) is 5.82 Å². The molecule has 1 aromatic heterocycles. The Bertz CT molecular complexity index is 441. The second kappa shape index (κ2) is 5.55. The molecule has 1 fully saturated rings. The molecule has 1 saturated heterocycles. The number of piperidine rings is 1. The first-order valence-electron chi connectivity index (χ1n) is 6.89. The predicted molar refractivity (Wildman–Crippen MR) is 75.1 cm³/mol. The maximum atomic E-state index is 12.4. The van der Waals surface area contributed by atoms with Gasteiger partial charge < -0.3 is 10.2 Å². The van der Waals surface area contributed by atoms with Gasteiger partial charge in [-0.1, -0.05) is 13.8 Å². The molecule has 5 heteroatoms. The van der Waals surface area contributed by atoms with Crippen LogP contribution in [-0.2, 0) is 0 Å². The first-order valence-corrected chi connectivity index (χ1v) is 6.89. The topological polar surface area (TPSA) is 58.1 Å². The summed E-state index contributed by atoms with van der Waals surface area (Å²) in [6.07, 6.45) is 2.23. The van der Waals surface area contributed by atoms with Gasteiger partial charge in [0.2, 0.25) is 0 Å². The Balaban J connectivity index is 2.06. The third kappa shape index (κ3) is 3.43. The van der Waals surface area contributed by atoms with Gasteiger partial charge in [-0.05, 0) is 37.3 Å². The maximum Gasteiger partial charge on any atom is 0.274 e. The van der Waals surface area contributed by atoms with Gasteiger partial charge >= 0.3 is 0 Å². The number of carbonyl (C=O) groups is 1. The van der Waals surface area contributed by atoms with Crippen molar-refractivity contribution in [2.75, 3.05) is 25.0 Å². The third-order valence-electron chi connectivity index (χ3n) is 3.43. The minimum atomic E-state index is -0.0108. The summed E-state index contributed by atoms with van der Waals surface area (Å²) in [7, 11) is 0. The summed E-state index contributed by atoms with van der Waals surface area (Å²) in [5.41, 5.74) is 0.629. The molecule has 0 aromatic carbocycles. The molecule has 0 aliphatic carbocycles. The number of nitrogens with one attached hydrogen (secondary N) is 1. The summed E-state index contributed by atoms with van der Waals surface area (Å²) in [4.78, 5) is 14.2. The van der Waals surface area contributed by atoms with Crippen LogP contribution in [0.15, 0.2) is 12.1 Å². The molecule has 0 unspecified atom stereocenters. The number of hydrogen-bond acceptors (Lipinski definition) is 4. The smallest absolute Gasteiger partial charge is 0.274 e. The van der Waals surface area contributed by atoms with E-state index in [1.807, 2.05) is 11.8 Å². The molecule has 104 valence electrons. The van der Waals surface area contributed by atoms with Crippen LogP contribution in [0.5, 0.6) is 0 Å². The zero-order valence-corrected chi connectivity index (χ0v) is 11.9. The number of aromatic nitrogens is 2. The number of likely N-dealkylation sites (tertiary alicyclic amines) is 1. The summed E-state index contributed by atoms with van der Waals surface area (Å²) in [6, 6.07) is 3.55. The Morgan fingerprint density at radius 1 is 1.42 bits per heavy atom. The van der Waals surface area contributed by atoms with Crippen LogP contribution < -0.4 is 5.32 Å². The molecule has 0 bridgehead atoms. The fraction of sp³-hybridized carbons (Fsp3) is 0.643. The Kier molecular flexibility index (Phi) is 4.02. The van der Waals surface area contributed by atoms with Crippen molar-refractivity contribution < 1.29 is 4.79 Å². The molecule has 0 atom stereocenters. The van der Waals surface area contributed by atoms with E-state index >= 15 is 0 Å². The van der Waals surface area contributed by atoms with Crippen molar-refractivity contribution in [3.63, 3.8) is 0 Å². The van der Waals surface area contributed by atoms with Crippen LogP contribution in [0, 0.1) is 5.41 Å². The van der Waals surface area contributed by atoms with E-state index in [1.165, 1.54) is 6.42 Å². The second-order valence-corrected chi connectivity index (χ2v) is 5.83. The van der Waals surface area contributed by atoms with Crippen LogP contribution >= 0.6 is 0 Å². The van der Waals surface area contributed by atoms with E-state index in [4.69, 9.17) is 0 Å². The summed E-state index contributed by atoms with van der Waals surface area (Å²) in [5.74, 6) is 0.696. The molecule has 1 aromatic rings. The predicted octanol–water partition coefficient (Wildman–Crippen LogP) is 2.17. The summed E-state index contributed by atoms with van der Waals surface area (Å²) < 4.78 is 0. The second-order valence-electron chi connectivity index (χ2n) is 5.83.